The highest BCUT2D eigenvalue weighted by Gasteiger charge is 2.16. The minimum atomic E-state index is -0.262. The Labute approximate surface area is 102 Å². The fourth-order valence-corrected chi connectivity index (χ4v) is 1.66. The molecule has 17 heavy (non-hydrogen) atoms. The molecule has 3 heteroatoms. The first-order valence-electron chi connectivity index (χ1n) is 5.93. The van der Waals surface area contributed by atoms with E-state index in [0.29, 0.717) is 18.6 Å². The van der Waals surface area contributed by atoms with E-state index >= 15 is 0 Å². The molecule has 1 unspecified atom stereocenters. The van der Waals surface area contributed by atoms with Crippen LogP contribution in [0.15, 0.2) is 24.3 Å². The second kappa shape index (κ2) is 6.12. The summed E-state index contributed by atoms with van der Waals surface area (Å²) in [6, 6.07) is 6.57. The molecule has 2 nitrogen and oxygen atoms in total. The molecular weight excluding hydrogens is 219 g/mol. The summed E-state index contributed by atoms with van der Waals surface area (Å²) in [4.78, 5) is 0. The van der Waals surface area contributed by atoms with Gasteiger partial charge in [-0.15, -0.1) is 0 Å². The lowest BCUT2D eigenvalue weighted by molar-refractivity contribution is -0.00815. The van der Waals surface area contributed by atoms with Gasteiger partial charge in [-0.05, 0) is 38.8 Å². The molecule has 0 bridgehead atoms. The van der Waals surface area contributed by atoms with Crippen LogP contribution >= 0.6 is 0 Å². The van der Waals surface area contributed by atoms with Gasteiger partial charge >= 0.3 is 0 Å². The van der Waals surface area contributed by atoms with E-state index in [4.69, 9.17) is 4.74 Å². The Morgan fingerprint density at radius 3 is 2.47 bits per heavy atom. The van der Waals surface area contributed by atoms with E-state index in [2.05, 4.69) is 0 Å². The third-order valence-electron chi connectivity index (χ3n) is 2.57. The van der Waals surface area contributed by atoms with Crippen molar-refractivity contribution >= 4 is 0 Å². The Hall–Kier alpha value is -0.930. The lowest BCUT2D eigenvalue weighted by Gasteiger charge is -2.22. The molecule has 0 spiro atoms. The van der Waals surface area contributed by atoms with E-state index in [0.717, 1.165) is 0 Å². The molecule has 0 heterocycles. The van der Waals surface area contributed by atoms with Gasteiger partial charge in [0.1, 0.15) is 5.82 Å². The zero-order valence-electron chi connectivity index (χ0n) is 10.7. The molecule has 1 N–H and O–H groups in total. The van der Waals surface area contributed by atoms with Gasteiger partial charge in [0.05, 0.1) is 12.2 Å². The van der Waals surface area contributed by atoms with Gasteiger partial charge in [-0.25, -0.2) is 4.39 Å². The maximum absolute atomic E-state index is 13.5. The van der Waals surface area contributed by atoms with Crippen LogP contribution in [0.25, 0.3) is 0 Å². The van der Waals surface area contributed by atoms with Crippen molar-refractivity contribution in [1.29, 1.82) is 0 Å². The van der Waals surface area contributed by atoms with Crippen LogP contribution < -0.4 is 0 Å². The van der Waals surface area contributed by atoms with E-state index in [9.17, 15) is 9.50 Å². The number of halogens is 1. The number of hydrogen-bond donors (Lipinski definition) is 1. The van der Waals surface area contributed by atoms with Crippen molar-refractivity contribution in [1.82, 2.24) is 0 Å². The molecule has 0 aliphatic rings. The van der Waals surface area contributed by atoms with E-state index in [1.54, 1.807) is 18.2 Å². The quantitative estimate of drug-likeness (QED) is 0.857. The summed E-state index contributed by atoms with van der Waals surface area (Å²) in [7, 11) is 0. The number of aliphatic hydroxyl groups excluding tert-OH is 1. The van der Waals surface area contributed by atoms with Crippen LogP contribution in [0.5, 0.6) is 0 Å². The minimum absolute atomic E-state index is 0.0611. The average molecular weight is 240 g/mol. The molecule has 96 valence electrons. The van der Waals surface area contributed by atoms with E-state index in [-0.39, 0.29) is 23.9 Å². The van der Waals surface area contributed by atoms with Gasteiger partial charge < -0.3 is 9.84 Å². The first kappa shape index (κ1) is 14.1. The first-order chi connectivity index (χ1) is 7.94. The normalized spacial score (nSPS) is 13.7. The SMILES string of the molecule is CC(C)(C)OCCC(CO)c1ccccc1F. The largest absolute Gasteiger partial charge is 0.396 e. The molecule has 0 radical (unpaired) electrons. The minimum Gasteiger partial charge on any atom is -0.396 e. The van der Waals surface area contributed by atoms with E-state index in [1.165, 1.54) is 6.07 Å². The van der Waals surface area contributed by atoms with Gasteiger partial charge in [-0.2, -0.15) is 0 Å². The number of rotatable bonds is 5. The van der Waals surface area contributed by atoms with Crippen molar-refractivity contribution in [3.8, 4) is 0 Å². The lowest BCUT2D eigenvalue weighted by Crippen LogP contribution is -2.21. The topological polar surface area (TPSA) is 29.5 Å². The van der Waals surface area contributed by atoms with Crippen molar-refractivity contribution in [2.45, 2.75) is 38.7 Å². The Kier molecular flexibility index (Phi) is 5.09. The van der Waals surface area contributed by atoms with Gasteiger partial charge in [0, 0.05) is 12.5 Å². The average Bonchev–Trinajstić information content (AvgIpc) is 2.24. The number of ether oxygens (including phenoxy) is 1. The van der Waals surface area contributed by atoms with Crippen LogP contribution in [-0.4, -0.2) is 23.9 Å². The second-order valence-corrected chi connectivity index (χ2v) is 5.15. The van der Waals surface area contributed by atoms with Crippen molar-refractivity contribution in [2.75, 3.05) is 13.2 Å². The summed E-state index contributed by atoms with van der Waals surface area (Å²) >= 11 is 0. The third-order valence-corrected chi connectivity index (χ3v) is 2.57. The molecule has 0 aliphatic carbocycles. The predicted molar refractivity (Wildman–Crippen MR) is 66.5 cm³/mol. The summed E-state index contributed by atoms with van der Waals surface area (Å²) in [5, 5.41) is 9.31. The van der Waals surface area contributed by atoms with E-state index < -0.39 is 0 Å². The summed E-state index contributed by atoms with van der Waals surface area (Å²) < 4.78 is 19.1. The number of aliphatic hydroxyl groups is 1. The summed E-state index contributed by atoms with van der Waals surface area (Å²) in [6.45, 7) is 6.38. The van der Waals surface area contributed by atoms with Gasteiger partial charge in [0.25, 0.3) is 0 Å². The standard InChI is InChI=1S/C14H21FO2/c1-14(2,3)17-9-8-11(10-16)12-6-4-5-7-13(12)15/h4-7,11,16H,8-10H2,1-3H3. The van der Waals surface area contributed by atoms with Gasteiger partial charge in [-0.3, -0.25) is 0 Å². The summed E-state index contributed by atoms with van der Waals surface area (Å²) in [6.07, 6.45) is 0.620. The molecule has 0 aromatic heterocycles. The Balaban J connectivity index is 2.58. The van der Waals surface area contributed by atoms with Crippen LogP contribution in [-0.2, 0) is 4.74 Å². The smallest absolute Gasteiger partial charge is 0.126 e. The molecule has 1 aromatic rings. The first-order valence-corrected chi connectivity index (χ1v) is 5.93. The highest BCUT2D eigenvalue weighted by molar-refractivity contribution is 5.21. The predicted octanol–water partition coefficient (Wildman–Crippen LogP) is 3.11. The van der Waals surface area contributed by atoms with Crippen LogP contribution in [0.4, 0.5) is 4.39 Å². The molecule has 0 amide bonds. The second-order valence-electron chi connectivity index (χ2n) is 5.15. The molecule has 0 aliphatic heterocycles. The monoisotopic (exact) mass is 240 g/mol. The summed E-state index contributed by atoms with van der Waals surface area (Å²) in [5.41, 5.74) is 0.363. The zero-order valence-corrected chi connectivity index (χ0v) is 10.7. The molecule has 0 saturated heterocycles. The maximum atomic E-state index is 13.5. The van der Waals surface area contributed by atoms with Crippen LogP contribution in [0.2, 0.25) is 0 Å². The lowest BCUT2D eigenvalue weighted by atomic mass is 9.96. The fraction of sp³-hybridized carbons (Fsp3) is 0.571. The Morgan fingerprint density at radius 1 is 1.29 bits per heavy atom. The summed E-state index contributed by atoms with van der Waals surface area (Å²) in [5.74, 6) is -0.458. The Bertz CT molecular complexity index is 344. The van der Waals surface area contributed by atoms with Gasteiger partial charge in [0.2, 0.25) is 0 Å². The van der Waals surface area contributed by atoms with Crippen LogP contribution in [0, 0.1) is 5.82 Å². The number of hydrogen-bond acceptors (Lipinski definition) is 2. The molecule has 0 saturated carbocycles. The van der Waals surface area contributed by atoms with Crippen molar-refractivity contribution in [3.05, 3.63) is 35.6 Å². The van der Waals surface area contributed by atoms with Crippen LogP contribution in [0.1, 0.15) is 38.7 Å². The highest BCUT2D eigenvalue weighted by Crippen LogP contribution is 2.22. The van der Waals surface area contributed by atoms with Crippen molar-refractivity contribution < 1.29 is 14.2 Å². The molecule has 1 aromatic carbocycles. The third kappa shape index (κ3) is 4.84. The van der Waals surface area contributed by atoms with Crippen LogP contribution in [0.3, 0.4) is 0 Å². The molecule has 1 rings (SSSR count). The van der Waals surface area contributed by atoms with Gasteiger partial charge in [0.15, 0.2) is 0 Å². The van der Waals surface area contributed by atoms with E-state index in [1.807, 2.05) is 20.8 Å². The fourth-order valence-electron chi connectivity index (χ4n) is 1.66. The molecular formula is C14H21FO2. The molecule has 1 atom stereocenters. The maximum Gasteiger partial charge on any atom is 0.126 e. The van der Waals surface area contributed by atoms with Gasteiger partial charge in [-0.1, -0.05) is 18.2 Å². The number of benzene rings is 1. The molecule has 0 fully saturated rings. The van der Waals surface area contributed by atoms with Crippen molar-refractivity contribution in [3.63, 3.8) is 0 Å². The Morgan fingerprint density at radius 2 is 1.94 bits per heavy atom. The highest BCUT2D eigenvalue weighted by atomic mass is 19.1. The zero-order chi connectivity index (χ0) is 12.9. The van der Waals surface area contributed by atoms with Crippen molar-refractivity contribution in [2.24, 2.45) is 0 Å².